The molecular weight excluding hydrogens is 264 g/mol. The first-order valence-electron chi connectivity index (χ1n) is 6.69. The molecule has 0 bridgehead atoms. The minimum absolute atomic E-state index is 0.243. The molecule has 1 aromatic heterocycles. The van der Waals surface area contributed by atoms with Crippen molar-refractivity contribution in [3.63, 3.8) is 0 Å². The summed E-state index contributed by atoms with van der Waals surface area (Å²) in [6, 6.07) is 0.243. The topological polar surface area (TPSA) is 67.3 Å². The number of nitrogens with one attached hydrogen (secondary N) is 1. The van der Waals surface area contributed by atoms with Crippen molar-refractivity contribution in [2.45, 2.75) is 37.6 Å². The predicted octanol–water partition coefficient (Wildman–Crippen LogP) is 2.06. The Morgan fingerprint density at radius 1 is 1.47 bits per heavy atom. The second-order valence-electron chi connectivity index (χ2n) is 5.13. The standard InChI is InChI=1S/C12H18N4O2S/c1-18-12(17)16-6-2-3-9(7-16)13-11-14-10(15-19-11)8-4-5-8/h8-9H,2-7H2,1H3,(H,13,14,15). The highest BCUT2D eigenvalue weighted by molar-refractivity contribution is 7.09. The average molecular weight is 282 g/mol. The molecule has 7 heteroatoms. The highest BCUT2D eigenvalue weighted by Gasteiger charge is 2.29. The van der Waals surface area contributed by atoms with E-state index in [9.17, 15) is 4.79 Å². The summed E-state index contributed by atoms with van der Waals surface area (Å²) in [5.41, 5.74) is 0. The van der Waals surface area contributed by atoms with Gasteiger partial charge in [-0.2, -0.15) is 4.37 Å². The number of ether oxygens (including phenoxy) is 1. The van der Waals surface area contributed by atoms with Gasteiger partial charge in [0.05, 0.1) is 7.11 Å². The van der Waals surface area contributed by atoms with E-state index in [1.54, 1.807) is 4.90 Å². The molecule has 6 nitrogen and oxygen atoms in total. The molecule has 0 aromatic carbocycles. The minimum Gasteiger partial charge on any atom is -0.453 e. The van der Waals surface area contributed by atoms with E-state index in [0.717, 1.165) is 30.3 Å². The molecule has 1 saturated carbocycles. The number of amides is 1. The van der Waals surface area contributed by atoms with E-state index in [1.807, 2.05) is 0 Å². The Labute approximate surface area is 116 Å². The fourth-order valence-electron chi connectivity index (χ4n) is 2.37. The molecule has 1 amide bonds. The first-order chi connectivity index (χ1) is 9.26. The lowest BCUT2D eigenvalue weighted by atomic mass is 10.1. The molecule has 2 heterocycles. The quantitative estimate of drug-likeness (QED) is 0.919. The van der Waals surface area contributed by atoms with E-state index in [-0.39, 0.29) is 12.1 Å². The number of hydrogen-bond acceptors (Lipinski definition) is 6. The second kappa shape index (κ2) is 5.32. The molecule has 2 aliphatic rings. The Kier molecular flexibility index (Phi) is 3.54. The van der Waals surface area contributed by atoms with Crippen LogP contribution in [0.1, 0.15) is 37.4 Å². The SMILES string of the molecule is COC(=O)N1CCCC(Nc2nc(C3CC3)ns2)C1. The number of anilines is 1. The second-order valence-corrected chi connectivity index (χ2v) is 5.88. The zero-order chi connectivity index (χ0) is 13.2. The van der Waals surface area contributed by atoms with Gasteiger partial charge in [-0.3, -0.25) is 0 Å². The van der Waals surface area contributed by atoms with Crippen molar-refractivity contribution in [1.82, 2.24) is 14.3 Å². The van der Waals surface area contributed by atoms with Crippen molar-refractivity contribution in [3.05, 3.63) is 5.82 Å². The summed E-state index contributed by atoms with van der Waals surface area (Å²) in [5, 5.41) is 4.26. The molecule has 1 N–H and O–H groups in total. The Morgan fingerprint density at radius 2 is 2.32 bits per heavy atom. The van der Waals surface area contributed by atoms with E-state index >= 15 is 0 Å². The molecule has 0 spiro atoms. The van der Waals surface area contributed by atoms with Crippen LogP contribution in [0.5, 0.6) is 0 Å². The highest BCUT2D eigenvalue weighted by Crippen LogP contribution is 2.39. The lowest BCUT2D eigenvalue weighted by molar-refractivity contribution is 0.113. The maximum atomic E-state index is 11.5. The molecule has 3 rings (SSSR count). The van der Waals surface area contributed by atoms with Gasteiger partial charge in [0.2, 0.25) is 5.13 Å². The van der Waals surface area contributed by atoms with Gasteiger partial charge in [0.1, 0.15) is 5.82 Å². The van der Waals surface area contributed by atoms with Crippen LogP contribution in [0.15, 0.2) is 0 Å². The molecule has 1 aromatic rings. The van der Waals surface area contributed by atoms with Crippen molar-refractivity contribution < 1.29 is 9.53 Å². The van der Waals surface area contributed by atoms with Gasteiger partial charge in [0.15, 0.2) is 0 Å². The number of carbonyl (C=O) groups is 1. The number of rotatable bonds is 3. The van der Waals surface area contributed by atoms with Gasteiger partial charge in [-0.1, -0.05) is 0 Å². The number of methoxy groups -OCH3 is 1. The van der Waals surface area contributed by atoms with Crippen molar-refractivity contribution in [2.24, 2.45) is 0 Å². The summed E-state index contributed by atoms with van der Waals surface area (Å²) in [4.78, 5) is 17.8. The van der Waals surface area contributed by atoms with Crippen LogP contribution in [-0.4, -0.2) is 46.6 Å². The molecule has 19 heavy (non-hydrogen) atoms. The maximum absolute atomic E-state index is 11.5. The van der Waals surface area contributed by atoms with Crippen LogP contribution >= 0.6 is 11.5 Å². The van der Waals surface area contributed by atoms with E-state index in [4.69, 9.17) is 4.74 Å². The fourth-order valence-corrected chi connectivity index (χ4v) is 3.09. The third-order valence-electron chi connectivity index (χ3n) is 3.57. The molecule has 1 aliphatic carbocycles. The van der Waals surface area contributed by atoms with Crippen LogP contribution in [0, 0.1) is 0 Å². The first-order valence-corrected chi connectivity index (χ1v) is 7.46. The number of piperidine rings is 1. The summed E-state index contributed by atoms with van der Waals surface area (Å²) >= 11 is 1.42. The Hall–Kier alpha value is -1.37. The van der Waals surface area contributed by atoms with Crippen LogP contribution in [0.3, 0.4) is 0 Å². The smallest absolute Gasteiger partial charge is 0.409 e. The van der Waals surface area contributed by atoms with Crippen LogP contribution in [0.2, 0.25) is 0 Å². The lowest BCUT2D eigenvalue weighted by Crippen LogP contribution is -2.45. The third-order valence-corrected chi connectivity index (χ3v) is 4.23. The zero-order valence-corrected chi connectivity index (χ0v) is 11.8. The molecule has 2 fully saturated rings. The number of hydrogen-bond donors (Lipinski definition) is 1. The van der Waals surface area contributed by atoms with Gasteiger partial charge in [-0.25, -0.2) is 9.78 Å². The van der Waals surface area contributed by atoms with E-state index < -0.39 is 0 Å². The molecule has 1 aliphatic heterocycles. The van der Waals surface area contributed by atoms with E-state index in [0.29, 0.717) is 12.5 Å². The number of aromatic nitrogens is 2. The minimum atomic E-state index is -0.248. The Morgan fingerprint density at radius 3 is 3.05 bits per heavy atom. The summed E-state index contributed by atoms with van der Waals surface area (Å²) in [5.74, 6) is 1.57. The van der Waals surface area contributed by atoms with Crippen molar-refractivity contribution in [3.8, 4) is 0 Å². The Bertz CT molecular complexity index is 460. The molecule has 1 atom stereocenters. The summed E-state index contributed by atoms with van der Waals surface area (Å²) in [6.07, 6.45) is 4.22. The van der Waals surface area contributed by atoms with Crippen LogP contribution in [0.25, 0.3) is 0 Å². The highest BCUT2D eigenvalue weighted by atomic mass is 32.1. The molecule has 1 saturated heterocycles. The maximum Gasteiger partial charge on any atom is 0.409 e. The van der Waals surface area contributed by atoms with Gasteiger partial charge < -0.3 is 15.0 Å². The zero-order valence-electron chi connectivity index (χ0n) is 11.0. The largest absolute Gasteiger partial charge is 0.453 e. The lowest BCUT2D eigenvalue weighted by Gasteiger charge is -2.31. The van der Waals surface area contributed by atoms with Gasteiger partial charge >= 0.3 is 6.09 Å². The van der Waals surface area contributed by atoms with Crippen LogP contribution < -0.4 is 5.32 Å². The fraction of sp³-hybridized carbons (Fsp3) is 0.750. The van der Waals surface area contributed by atoms with Crippen LogP contribution in [0.4, 0.5) is 9.93 Å². The summed E-state index contributed by atoms with van der Waals surface area (Å²) in [7, 11) is 1.42. The summed E-state index contributed by atoms with van der Waals surface area (Å²) < 4.78 is 9.14. The molecule has 0 radical (unpaired) electrons. The monoisotopic (exact) mass is 282 g/mol. The number of carbonyl (C=O) groups excluding carboxylic acids is 1. The van der Waals surface area contributed by atoms with E-state index in [1.165, 1.54) is 31.5 Å². The van der Waals surface area contributed by atoms with Gasteiger partial charge in [-0.15, -0.1) is 0 Å². The number of nitrogens with zero attached hydrogens (tertiary/aromatic N) is 3. The van der Waals surface area contributed by atoms with Crippen molar-refractivity contribution in [1.29, 1.82) is 0 Å². The average Bonchev–Trinajstić information content (AvgIpc) is 3.19. The van der Waals surface area contributed by atoms with Crippen molar-refractivity contribution in [2.75, 3.05) is 25.5 Å². The van der Waals surface area contributed by atoms with E-state index in [2.05, 4.69) is 14.7 Å². The van der Waals surface area contributed by atoms with Gasteiger partial charge in [0, 0.05) is 36.6 Å². The van der Waals surface area contributed by atoms with Gasteiger partial charge in [0.25, 0.3) is 0 Å². The number of likely N-dealkylation sites (tertiary alicyclic amines) is 1. The normalized spacial score (nSPS) is 23.2. The molecular formula is C12H18N4O2S. The van der Waals surface area contributed by atoms with Crippen molar-refractivity contribution >= 4 is 22.8 Å². The first kappa shape index (κ1) is 12.7. The van der Waals surface area contributed by atoms with Gasteiger partial charge in [-0.05, 0) is 25.7 Å². The third kappa shape index (κ3) is 2.97. The van der Waals surface area contributed by atoms with Crippen LogP contribution in [-0.2, 0) is 4.74 Å². The summed E-state index contributed by atoms with van der Waals surface area (Å²) in [6.45, 7) is 1.44. The molecule has 104 valence electrons. The molecule has 1 unspecified atom stereocenters. The predicted molar refractivity (Wildman–Crippen MR) is 72.5 cm³/mol. The Balaban J connectivity index is 1.57.